The van der Waals surface area contributed by atoms with Crippen LogP contribution in [-0.4, -0.2) is 8.07 Å². The van der Waals surface area contributed by atoms with Gasteiger partial charge in [0, 0.05) is 0 Å². The molecule has 0 spiro atoms. The summed E-state index contributed by atoms with van der Waals surface area (Å²) < 4.78 is 0. The fraction of sp³-hybridized carbons (Fsp3) is 0.0769. The highest BCUT2D eigenvalue weighted by atomic mass is 28.3. The first-order valence-electron chi connectivity index (χ1n) is 9.47. The summed E-state index contributed by atoms with van der Waals surface area (Å²) in [5.74, 6) is 0. The average Bonchev–Trinajstić information content (AvgIpc) is 2.74. The summed E-state index contributed by atoms with van der Waals surface area (Å²) in [4.78, 5) is 0. The smallest absolute Gasteiger partial charge is 0.0623 e. The minimum absolute atomic E-state index is 1.34. The van der Waals surface area contributed by atoms with E-state index < -0.39 is 8.07 Å². The molecule has 27 heavy (non-hydrogen) atoms. The maximum absolute atomic E-state index is 2.41. The Morgan fingerprint density at radius 1 is 0.407 bits per heavy atom. The summed E-state index contributed by atoms with van der Waals surface area (Å²) in [6.07, 6.45) is 0. The number of aryl methyl sites for hydroxylation is 2. The molecule has 0 saturated carbocycles. The highest BCUT2D eigenvalue weighted by Gasteiger charge is 2.41. The molecular formula is C26H24Si. The predicted octanol–water partition coefficient (Wildman–Crippen LogP) is 3.68. The highest BCUT2D eigenvalue weighted by Crippen LogP contribution is 2.12. The van der Waals surface area contributed by atoms with Crippen LogP contribution in [0.5, 0.6) is 0 Å². The van der Waals surface area contributed by atoms with Crippen molar-refractivity contribution >= 4 is 28.8 Å². The summed E-state index contributed by atoms with van der Waals surface area (Å²) in [5, 5.41) is 5.70. The summed E-state index contributed by atoms with van der Waals surface area (Å²) in [7, 11) is -2.35. The average molecular weight is 365 g/mol. The standard InChI is InChI=1S/C26H24Si/c1-21-18-19-26(20-22(21)2)27(23-12-6-3-7-13-23,24-14-8-4-9-15-24)25-16-10-5-11-17-25/h3-20H,1-2H3. The molecule has 1 heteroatoms. The first-order valence-corrected chi connectivity index (χ1v) is 11.5. The van der Waals surface area contributed by atoms with Crippen molar-refractivity contribution in [3.8, 4) is 0 Å². The number of hydrogen-bond donors (Lipinski definition) is 0. The summed E-state index contributed by atoms with van der Waals surface area (Å²) in [6, 6.07) is 40.2. The molecule has 0 aromatic heterocycles. The van der Waals surface area contributed by atoms with E-state index in [0.717, 1.165) is 0 Å². The lowest BCUT2D eigenvalue weighted by atomic mass is 10.1. The van der Waals surface area contributed by atoms with Gasteiger partial charge in [0.05, 0.1) is 0 Å². The van der Waals surface area contributed by atoms with Crippen molar-refractivity contribution in [3.63, 3.8) is 0 Å². The lowest BCUT2D eigenvalue weighted by Gasteiger charge is -2.34. The second kappa shape index (κ2) is 7.38. The SMILES string of the molecule is Cc1ccc([Si](c2ccccc2)(c2ccccc2)c2ccccc2)cc1C. The molecule has 4 rings (SSSR count). The van der Waals surface area contributed by atoms with Crippen molar-refractivity contribution in [3.05, 3.63) is 120 Å². The first-order chi connectivity index (χ1) is 13.2. The zero-order chi connectivity index (χ0) is 18.7. The van der Waals surface area contributed by atoms with Crippen molar-refractivity contribution in [1.82, 2.24) is 0 Å². The molecule has 0 N–H and O–H groups in total. The highest BCUT2D eigenvalue weighted by molar-refractivity contribution is 7.19. The van der Waals surface area contributed by atoms with Crippen molar-refractivity contribution in [2.24, 2.45) is 0 Å². The Kier molecular flexibility index (Phi) is 4.78. The molecule has 0 unspecified atom stereocenters. The van der Waals surface area contributed by atoms with Crippen LogP contribution in [0.1, 0.15) is 11.1 Å². The summed E-state index contributed by atoms with van der Waals surface area (Å²) in [5.41, 5.74) is 2.70. The summed E-state index contributed by atoms with van der Waals surface area (Å²) in [6.45, 7) is 4.41. The van der Waals surface area contributed by atoms with Gasteiger partial charge in [-0.25, -0.2) is 0 Å². The van der Waals surface area contributed by atoms with Crippen LogP contribution in [0.25, 0.3) is 0 Å². The Balaban J connectivity index is 2.14. The maximum Gasteiger partial charge on any atom is 0.179 e. The Hall–Kier alpha value is -2.90. The van der Waals surface area contributed by atoms with Crippen molar-refractivity contribution in [1.29, 1.82) is 0 Å². The molecule has 0 atom stereocenters. The summed E-state index contributed by atoms with van der Waals surface area (Å²) >= 11 is 0. The van der Waals surface area contributed by atoms with Crippen molar-refractivity contribution in [2.45, 2.75) is 13.8 Å². The maximum atomic E-state index is 2.41. The predicted molar refractivity (Wildman–Crippen MR) is 120 cm³/mol. The van der Waals surface area contributed by atoms with E-state index in [9.17, 15) is 0 Å². The fourth-order valence-electron chi connectivity index (χ4n) is 4.04. The van der Waals surface area contributed by atoms with E-state index in [4.69, 9.17) is 0 Å². The van der Waals surface area contributed by atoms with E-state index in [2.05, 4.69) is 123 Å². The van der Waals surface area contributed by atoms with Gasteiger partial charge in [-0.05, 0) is 45.7 Å². The first kappa shape index (κ1) is 17.5. The zero-order valence-electron chi connectivity index (χ0n) is 15.9. The Morgan fingerprint density at radius 3 is 1.19 bits per heavy atom. The molecule has 0 bridgehead atoms. The van der Waals surface area contributed by atoms with Crippen LogP contribution in [-0.2, 0) is 0 Å². The van der Waals surface area contributed by atoms with Crippen LogP contribution < -0.4 is 20.7 Å². The molecule has 0 nitrogen and oxygen atoms in total. The third-order valence-corrected chi connectivity index (χ3v) is 10.3. The number of rotatable bonds is 4. The van der Waals surface area contributed by atoms with Crippen LogP contribution in [0.4, 0.5) is 0 Å². The largest absolute Gasteiger partial charge is 0.179 e. The van der Waals surface area contributed by atoms with Gasteiger partial charge in [0.1, 0.15) is 0 Å². The number of hydrogen-bond acceptors (Lipinski definition) is 0. The molecule has 0 heterocycles. The van der Waals surface area contributed by atoms with Crippen molar-refractivity contribution in [2.75, 3.05) is 0 Å². The van der Waals surface area contributed by atoms with Crippen LogP contribution in [0.3, 0.4) is 0 Å². The zero-order valence-corrected chi connectivity index (χ0v) is 16.9. The van der Waals surface area contributed by atoms with Crippen molar-refractivity contribution < 1.29 is 0 Å². The molecule has 4 aromatic rings. The molecule has 0 amide bonds. The van der Waals surface area contributed by atoms with Gasteiger partial charge in [-0.3, -0.25) is 0 Å². The van der Waals surface area contributed by atoms with E-state index in [1.165, 1.54) is 31.9 Å². The lowest BCUT2D eigenvalue weighted by molar-refractivity contribution is 1.35. The normalized spacial score (nSPS) is 11.3. The second-order valence-electron chi connectivity index (χ2n) is 7.15. The van der Waals surface area contributed by atoms with Crippen LogP contribution in [0.15, 0.2) is 109 Å². The van der Waals surface area contributed by atoms with Gasteiger partial charge in [-0.1, -0.05) is 109 Å². The lowest BCUT2D eigenvalue weighted by Crippen LogP contribution is -2.74. The van der Waals surface area contributed by atoms with Crippen LogP contribution in [0.2, 0.25) is 0 Å². The van der Waals surface area contributed by atoms with Gasteiger partial charge in [-0.15, -0.1) is 0 Å². The molecule has 0 fully saturated rings. The quantitative estimate of drug-likeness (QED) is 0.383. The molecular weight excluding hydrogens is 340 g/mol. The van der Waals surface area contributed by atoms with Gasteiger partial charge in [0.2, 0.25) is 0 Å². The van der Waals surface area contributed by atoms with E-state index in [1.54, 1.807) is 0 Å². The molecule has 0 aliphatic rings. The van der Waals surface area contributed by atoms with Gasteiger partial charge >= 0.3 is 0 Å². The van der Waals surface area contributed by atoms with E-state index in [0.29, 0.717) is 0 Å². The van der Waals surface area contributed by atoms with E-state index >= 15 is 0 Å². The third kappa shape index (κ3) is 3.05. The van der Waals surface area contributed by atoms with Gasteiger partial charge < -0.3 is 0 Å². The molecule has 0 aliphatic carbocycles. The Labute approximate surface area is 163 Å². The Morgan fingerprint density at radius 2 is 0.815 bits per heavy atom. The number of benzene rings is 4. The minimum Gasteiger partial charge on any atom is -0.0623 e. The van der Waals surface area contributed by atoms with Crippen LogP contribution >= 0.6 is 0 Å². The topological polar surface area (TPSA) is 0 Å². The molecule has 4 aromatic carbocycles. The fourth-order valence-corrected chi connectivity index (χ4v) is 8.88. The second-order valence-corrected chi connectivity index (χ2v) is 11.0. The third-order valence-electron chi connectivity index (χ3n) is 5.56. The van der Waals surface area contributed by atoms with E-state index in [-0.39, 0.29) is 0 Å². The van der Waals surface area contributed by atoms with Gasteiger partial charge in [0.25, 0.3) is 0 Å². The van der Waals surface area contributed by atoms with Gasteiger partial charge in [0.15, 0.2) is 8.07 Å². The minimum atomic E-state index is -2.35. The molecule has 0 radical (unpaired) electrons. The molecule has 0 aliphatic heterocycles. The van der Waals surface area contributed by atoms with Crippen LogP contribution in [0, 0.1) is 13.8 Å². The molecule has 0 saturated heterocycles. The Bertz CT molecular complexity index is 925. The van der Waals surface area contributed by atoms with E-state index in [1.807, 2.05) is 0 Å². The molecule has 132 valence electrons. The van der Waals surface area contributed by atoms with Gasteiger partial charge in [-0.2, -0.15) is 0 Å². The monoisotopic (exact) mass is 364 g/mol.